The zero-order chi connectivity index (χ0) is 18.4. The maximum absolute atomic E-state index is 13.2. The first-order valence-corrected chi connectivity index (χ1v) is 8.32. The van der Waals surface area contributed by atoms with E-state index in [0.29, 0.717) is 18.5 Å². The molecule has 5 heteroatoms. The summed E-state index contributed by atoms with van der Waals surface area (Å²) in [4.78, 5) is 16.0. The molecule has 0 saturated carbocycles. The van der Waals surface area contributed by atoms with E-state index in [1.54, 1.807) is 48.8 Å². The van der Waals surface area contributed by atoms with Crippen LogP contribution in [0.15, 0.2) is 73.1 Å². The van der Waals surface area contributed by atoms with Crippen LogP contribution in [0.4, 0.5) is 8.78 Å². The molecule has 3 aromatic rings. The van der Waals surface area contributed by atoms with Crippen LogP contribution in [-0.4, -0.2) is 17.4 Å². The van der Waals surface area contributed by atoms with Crippen molar-refractivity contribution >= 4 is 5.91 Å². The molecule has 132 valence electrons. The first-order chi connectivity index (χ1) is 12.6. The number of carbonyl (C=O) groups is 1. The number of halogens is 2. The third-order valence-corrected chi connectivity index (χ3v) is 4.21. The molecule has 0 fully saturated rings. The highest BCUT2D eigenvalue weighted by molar-refractivity contribution is 5.93. The van der Waals surface area contributed by atoms with Crippen molar-refractivity contribution in [1.82, 2.24) is 10.3 Å². The maximum atomic E-state index is 13.2. The van der Waals surface area contributed by atoms with Gasteiger partial charge in [-0.15, -0.1) is 0 Å². The topological polar surface area (TPSA) is 42.0 Å². The molecule has 1 N–H and O–H groups in total. The van der Waals surface area contributed by atoms with Crippen molar-refractivity contribution in [1.29, 1.82) is 0 Å². The molecule has 3 rings (SSSR count). The Morgan fingerprint density at radius 2 is 1.35 bits per heavy atom. The predicted octanol–water partition coefficient (Wildman–Crippen LogP) is 4.31. The van der Waals surface area contributed by atoms with E-state index >= 15 is 0 Å². The van der Waals surface area contributed by atoms with Gasteiger partial charge in [0.2, 0.25) is 0 Å². The van der Waals surface area contributed by atoms with Gasteiger partial charge in [0.25, 0.3) is 5.91 Å². The van der Waals surface area contributed by atoms with Crippen molar-refractivity contribution < 1.29 is 13.6 Å². The lowest BCUT2D eigenvalue weighted by Crippen LogP contribution is -2.25. The Kier molecular flexibility index (Phi) is 5.69. The first-order valence-electron chi connectivity index (χ1n) is 8.32. The summed E-state index contributed by atoms with van der Waals surface area (Å²) in [5, 5.41) is 2.88. The fraction of sp³-hybridized carbons (Fsp3) is 0.143. The van der Waals surface area contributed by atoms with Crippen LogP contribution in [0.3, 0.4) is 0 Å². The lowest BCUT2D eigenvalue weighted by Gasteiger charge is -2.18. The average molecular weight is 352 g/mol. The van der Waals surface area contributed by atoms with Gasteiger partial charge in [-0.1, -0.05) is 24.3 Å². The smallest absolute Gasteiger partial charge is 0.251 e. The van der Waals surface area contributed by atoms with Crippen molar-refractivity contribution in [3.63, 3.8) is 0 Å². The van der Waals surface area contributed by atoms with Crippen LogP contribution in [-0.2, 0) is 0 Å². The van der Waals surface area contributed by atoms with Crippen molar-refractivity contribution in [3.05, 3.63) is 101 Å². The van der Waals surface area contributed by atoms with Gasteiger partial charge < -0.3 is 5.32 Å². The molecule has 0 aliphatic heterocycles. The molecule has 1 amide bonds. The minimum absolute atomic E-state index is 0.0751. The van der Waals surface area contributed by atoms with Gasteiger partial charge in [0.05, 0.1) is 0 Å². The summed E-state index contributed by atoms with van der Waals surface area (Å²) in [5.41, 5.74) is 2.37. The van der Waals surface area contributed by atoms with Crippen molar-refractivity contribution in [2.45, 2.75) is 12.3 Å². The summed E-state index contributed by atoms with van der Waals surface area (Å²) < 4.78 is 26.5. The molecule has 26 heavy (non-hydrogen) atoms. The number of pyridine rings is 1. The molecule has 0 saturated heterocycles. The third-order valence-electron chi connectivity index (χ3n) is 4.21. The molecule has 3 nitrogen and oxygen atoms in total. The van der Waals surface area contributed by atoms with Gasteiger partial charge in [-0.25, -0.2) is 8.78 Å². The van der Waals surface area contributed by atoms with Crippen LogP contribution < -0.4 is 5.32 Å². The van der Waals surface area contributed by atoms with Crippen LogP contribution in [0.2, 0.25) is 0 Å². The van der Waals surface area contributed by atoms with Crippen LogP contribution >= 0.6 is 0 Å². The number of hydrogen-bond acceptors (Lipinski definition) is 2. The molecule has 0 atom stereocenters. The van der Waals surface area contributed by atoms with Crippen LogP contribution in [0.1, 0.15) is 33.8 Å². The third kappa shape index (κ3) is 4.51. The van der Waals surface area contributed by atoms with Crippen molar-refractivity contribution in [2.24, 2.45) is 0 Å². The summed E-state index contributed by atoms with van der Waals surface area (Å²) in [5.74, 6) is -0.867. The number of hydrogen-bond donors (Lipinski definition) is 1. The van der Waals surface area contributed by atoms with E-state index < -0.39 is 0 Å². The van der Waals surface area contributed by atoms with Crippen LogP contribution in [0.25, 0.3) is 0 Å². The van der Waals surface area contributed by atoms with E-state index in [9.17, 15) is 13.6 Å². The predicted molar refractivity (Wildman–Crippen MR) is 95.8 cm³/mol. The van der Waals surface area contributed by atoms with Gasteiger partial charge in [-0.3, -0.25) is 9.78 Å². The summed E-state index contributed by atoms with van der Waals surface area (Å²) in [6, 6.07) is 15.8. The Hall–Kier alpha value is -3.08. The van der Waals surface area contributed by atoms with Gasteiger partial charge in [0.15, 0.2) is 0 Å². The van der Waals surface area contributed by atoms with Gasteiger partial charge in [0.1, 0.15) is 11.6 Å². The fourth-order valence-corrected chi connectivity index (χ4v) is 2.85. The summed E-state index contributed by atoms with van der Waals surface area (Å²) in [6.45, 7) is 0.431. The highest BCUT2D eigenvalue weighted by Crippen LogP contribution is 2.28. The zero-order valence-corrected chi connectivity index (χ0v) is 14.0. The molecule has 1 aromatic heterocycles. The second-order valence-electron chi connectivity index (χ2n) is 5.94. The summed E-state index contributed by atoms with van der Waals surface area (Å²) in [7, 11) is 0. The Bertz CT molecular complexity index is 804. The quantitative estimate of drug-likeness (QED) is 0.718. The number of aromatic nitrogens is 1. The van der Waals surface area contributed by atoms with Gasteiger partial charge in [-0.2, -0.15) is 0 Å². The van der Waals surface area contributed by atoms with Gasteiger partial charge in [0, 0.05) is 30.4 Å². The number of rotatable bonds is 6. The highest BCUT2D eigenvalue weighted by Gasteiger charge is 2.15. The second-order valence-corrected chi connectivity index (χ2v) is 5.94. The number of benzene rings is 2. The minimum Gasteiger partial charge on any atom is -0.352 e. The van der Waals surface area contributed by atoms with E-state index in [1.165, 1.54) is 24.3 Å². The molecule has 0 aliphatic carbocycles. The fourth-order valence-electron chi connectivity index (χ4n) is 2.85. The Morgan fingerprint density at radius 3 is 1.85 bits per heavy atom. The normalized spacial score (nSPS) is 10.7. The van der Waals surface area contributed by atoms with E-state index in [2.05, 4.69) is 10.3 Å². The number of nitrogens with one attached hydrogen (secondary N) is 1. The average Bonchev–Trinajstić information content (AvgIpc) is 2.68. The van der Waals surface area contributed by atoms with Crippen molar-refractivity contribution in [3.8, 4) is 0 Å². The second kappa shape index (κ2) is 8.34. The van der Waals surface area contributed by atoms with E-state index in [-0.39, 0.29) is 23.5 Å². The molecule has 1 heterocycles. The Balaban J connectivity index is 1.72. The molecule has 0 spiro atoms. The van der Waals surface area contributed by atoms with E-state index in [4.69, 9.17) is 0 Å². The molecule has 2 aromatic carbocycles. The summed E-state index contributed by atoms with van der Waals surface area (Å²) >= 11 is 0. The molecule has 0 aliphatic rings. The van der Waals surface area contributed by atoms with Crippen molar-refractivity contribution in [2.75, 3.05) is 6.54 Å². The first kappa shape index (κ1) is 17.7. The van der Waals surface area contributed by atoms with Gasteiger partial charge in [-0.05, 0) is 53.9 Å². The SMILES string of the molecule is O=C(NCCC(c1ccc(F)cc1)c1ccc(F)cc1)c1ccncc1. The molecular formula is C21H18F2N2O. The van der Waals surface area contributed by atoms with Gasteiger partial charge >= 0.3 is 0 Å². The number of carbonyl (C=O) groups excluding carboxylic acids is 1. The largest absolute Gasteiger partial charge is 0.352 e. The summed E-state index contributed by atoms with van der Waals surface area (Å²) in [6.07, 6.45) is 3.73. The lowest BCUT2D eigenvalue weighted by molar-refractivity contribution is 0.0952. The van der Waals surface area contributed by atoms with E-state index in [1.807, 2.05) is 0 Å². The number of nitrogens with zero attached hydrogens (tertiary/aromatic N) is 1. The highest BCUT2D eigenvalue weighted by atomic mass is 19.1. The monoisotopic (exact) mass is 352 g/mol. The van der Waals surface area contributed by atoms with Crippen LogP contribution in [0, 0.1) is 11.6 Å². The molecule has 0 bridgehead atoms. The zero-order valence-electron chi connectivity index (χ0n) is 14.0. The Morgan fingerprint density at radius 1 is 0.846 bits per heavy atom. The Labute approximate surface area is 150 Å². The van der Waals surface area contributed by atoms with E-state index in [0.717, 1.165) is 11.1 Å². The lowest BCUT2D eigenvalue weighted by atomic mass is 9.88. The maximum Gasteiger partial charge on any atom is 0.251 e. The standard InChI is InChI=1S/C21H18F2N2O/c22-18-5-1-15(2-6-18)20(16-3-7-19(23)8-4-16)11-14-25-21(26)17-9-12-24-13-10-17/h1-10,12-13,20H,11,14H2,(H,25,26). The van der Waals surface area contributed by atoms with Crippen LogP contribution in [0.5, 0.6) is 0 Å². The molecular weight excluding hydrogens is 334 g/mol. The number of amides is 1. The molecule has 0 unspecified atom stereocenters. The minimum atomic E-state index is -0.308. The molecule has 0 radical (unpaired) electrons.